The third kappa shape index (κ3) is 3.66. The summed E-state index contributed by atoms with van der Waals surface area (Å²) in [5, 5.41) is 11.3. The van der Waals surface area contributed by atoms with E-state index in [2.05, 4.69) is 20.7 Å². The number of methoxy groups -OCH3 is 1. The van der Waals surface area contributed by atoms with E-state index in [-0.39, 0.29) is 23.9 Å². The fourth-order valence-electron chi connectivity index (χ4n) is 3.41. The summed E-state index contributed by atoms with van der Waals surface area (Å²) < 4.78 is 7.09. The van der Waals surface area contributed by atoms with Gasteiger partial charge in [-0.2, -0.15) is 4.98 Å². The predicted octanol–water partition coefficient (Wildman–Crippen LogP) is 4.04. The average Bonchev–Trinajstić information content (AvgIpc) is 3.09. The molecule has 2 heterocycles. The van der Waals surface area contributed by atoms with E-state index in [9.17, 15) is 4.79 Å². The van der Waals surface area contributed by atoms with Crippen LogP contribution in [0.25, 0.3) is 0 Å². The molecule has 8 heteroatoms. The topological polar surface area (TPSA) is 81.1 Å². The Kier molecular flexibility index (Phi) is 4.92. The third-order valence-electron chi connectivity index (χ3n) is 4.75. The van der Waals surface area contributed by atoms with E-state index in [0.717, 1.165) is 23.3 Å². The molecule has 1 amide bonds. The lowest BCUT2D eigenvalue weighted by molar-refractivity contribution is -0.114. The Bertz CT molecular complexity index is 985. The van der Waals surface area contributed by atoms with Gasteiger partial charge in [0.15, 0.2) is 0 Å². The zero-order chi connectivity index (χ0) is 19.7. The number of benzene rings is 2. The van der Waals surface area contributed by atoms with Crippen LogP contribution >= 0.6 is 11.6 Å². The predicted molar refractivity (Wildman–Crippen MR) is 108 cm³/mol. The zero-order valence-electron chi connectivity index (χ0n) is 15.5. The number of rotatable bonds is 4. The van der Waals surface area contributed by atoms with E-state index in [1.54, 1.807) is 7.11 Å². The number of ether oxygens (including phenoxy) is 1. The van der Waals surface area contributed by atoms with Crippen LogP contribution in [-0.4, -0.2) is 27.8 Å². The van der Waals surface area contributed by atoms with Crippen molar-refractivity contribution in [2.24, 2.45) is 0 Å². The second-order valence-electron chi connectivity index (χ2n) is 6.66. The first-order chi connectivity index (χ1) is 13.5. The van der Waals surface area contributed by atoms with E-state index < -0.39 is 0 Å². The van der Waals surface area contributed by atoms with E-state index in [1.165, 1.54) is 6.92 Å². The molecule has 0 spiro atoms. The van der Waals surface area contributed by atoms with Gasteiger partial charge >= 0.3 is 0 Å². The van der Waals surface area contributed by atoms with Crippen LogP contribution in [0.2, 0.25) is 5.02 Å². The number of halogens is 1. The van der Waals surface area contributed by atoms with Crippen LogP contribution in [0.3, 0.4) is 0 Å². The first-order valence-electron chi connectivity index (χ1n) is 8.93. The molecule has 3 aromatic rings. The summed E-state index contributed by atoms with van der Waals surface area (Å²) in [6.45, 7) is 1.44. The number of carbonyl (C=O) groups is 1. The largest absolute Gasteiger partial charge is 0.497 e. The Morgan fingerprint density at radius 3 is 2.50 bits per heavy atom. The maximum atomic E-state index is 11.4. The van der Waals surface area contributed by atoms with Crippen LogP contribution in [0.15, 0.2) is 48.5 Å². The van der Waals surface area contributed by atoms with Gasteiger partial charge in [-0.15, -0.1) is 5.10 Å². The number of carbonyl (C=O) groups excluding carboxylic acids is 1. The van der Waals surface area contributed by atoms with E-state index in [4.69, 9.17) is 16.3 Å². The molecule has 1 aliphatic rings. The number of amides is 1. The van der Waals surface area contributed by atoms with Gasteiger partial charge in [-0.05, 0) is 41.8 Å². The van der Waals surface area contributed by atoms with Crippen molar-refractivity contribution in [3.05, 3.63) is 64.7 Å². The lowest BCUT2D eigenvalue weighted by Gasteiger charge is -2.31. The summed E-state index contributed by atoms with van der Waals surface area (Å²) in [6.07, 6.45) is 0.768. The Morgan fingerprint density at radius 2 is 1.86 bits per heavy atom. The molecular weight excluding hydrogens is 378 g/mol. The highest BCUT2D eigenvalue weighted by atomic mass is 35.5. The van der Waals surface area contributed by atoms with Gasteiger partial charge in [-0.3, -0.25) is 10.1 Å². The molecule has 2 aromatic carbocycles. The van der Waals surface area contributed by atoms with Crippen LogP contribution in [0.4, 0.5) is 11.9 Å². The summed E-state index contributed by atoms with van der Waals surface area (Å²) in [6, 6.07) is 15.7. The van der Waals surface area contributed by atoms with E-state index in [1.807, 2.05) is 53.2 Å². The third-order valence-corrected chi connectivity index (χ3v) is 5.00. The summed E-state index contributed by atoms with van der Waals surface area (Å²) in [5.74, 6) is 1.48. The molecule has 4 rings (SSSR count). The summed E-state index contributed by atoms with van der Waals surface area (Å²) in [7, 11) is 1.64. The highest BCUT2D eigenvalue weighted by Crippen LogP contribution is 2.38. The quantitative estimate of drug-likeness (QED) is 0.694. The van der Waals surface area contributed by atoms with Gasteiger partial charge in [-0.25, -0.2) is 4.68 Å². The van der Waals surface area contributed by atoms with Crippen LogP contribution < -0.4 is 15.4 Å². The van der Waals surface area contributed by atoms with Gasteiger partial charge in [0, 0.05) is 11.9 Å². The number of nitrogens with zero attached hydrogens (tertiary/aromatic N) is 3. The van der Waals surface area contributed by atoms with Gasteiger partial charge in [0.2, 0.25) is 11.9 Å². The number of hydrogen-bond acceptors (Lipinski definition) is 5. The van der Waals surface area contributed by atoms with Crippen molar-refractivity contribution in [3.63, 3.8) is 0 Å². The standard InChI is InChI=1S/C20H20ClN5O2/c1-12(27)22-19-24-20-23-17(13-3-7-15(21)8-4-13)11-18(26(20)25-19)14-5-9-16(28-2)10-6-14/h3-10,17-18H,11H2,1-2H3,(H2,22,23,24,25,27). The van der Waals surface area contributed by atoms with Crippen molar-refractivity contribution in [1.29, 1.82) is 0 Å². The molecule has 1 aliphatic heterocycles. The van der Waals surface area contributed by atoms with Crippen molar-refractivity contribution < 1.29 is 9.53 Å². The molecule has 0 bridgehead atoms. The molecule has 0 aliphatic carbocycles. The highest BCUT2D eigenvalue weighted by molar-refractivity contribution is 6.30. The molecule has 0 radical (unpaired) electrons. The first kappa shape index (κ1) is 18.3. The lowest BCUT2D eigenvalue weighted by atomic mass is 9.93. The van der Waals surface area contributed by atoms with Crippen LogP contribution in [-0.2, 0) is 4.79 Å². The summed E-state index contributed by atoms with van der Waals surface area (Å²) >= 11 is 6.04. The second kappa shape index (κ2) is 7.52. The molecule has 0 saturated carbocycles. The minimum Gasteiger partial charge on any atom is -0.497 e. The van der Waals surface area contributed by atoms with Crippen molar-refractivity contribution in [1.82, 2.24) is 14.8 Å². The smallest absolute Gasteiger partial charge is 0.250 e. The number of hydrogen-bond donors (Lipinski definition) is 2. The number of nitrogens with one attached hydrogen (secondary N) is 2. The van der Waals surface area contributed by atoms with E-state index in [0.29, 0.717) is 11.0 Å². The number of aromatic nitrogens is 3. The highest BCUT2D eigenvalue weighted by Gasteiger charge is 2.31. The minimum atomic E-state index is -0.210. The Labute approximate surface area is 167 Å². The van der Waals surface area contributed by atoms with Gasteiger partial charge in [0.05, 0.1) is 19.2 Å². The number of anilines is 2. The lowest BCUT2D eigenvalue weighted by Crippen LogP contribution is -2.28. The van der Waals surface area contributed by atoms with Gasteiger partial charge in [-0.1, -0.05) is 35.9 Å². The molecule has 28 heavy (non-hydrogen) atoms. The second-order valence-corrected chi connectivity index (χ2v) is 7.09. The summed E-state index contributed by atoms with van der Waals surface area (Å²) in [4.78, 5) is 15.9. The van der Waals surface area contributed by atoms with Crippen molar-refractivity contribution in [2.75, 3.05) is 17.7 Å². The molecule has 144 valence electrons. The summed E-state index contributed by atoms with van der Waals surface area (Å²) in [5.41, 5.74) is 2.19. The van der Waals surface area contributed by atoms with Gasteiger partial charge < -0.3 is 10.1 Å². The van der Waals surface area contributed by atoms with E-state index >= 15 is 0 Å². The monoisotopic (exact) mass is 397 g/mol. The van der Waals surface area contributed by atoms with Crippen molar-refractivity contribution >= 4 is 29.4 Å². The van der Waals surface area contributed by atoms with Crippen molar-refractivity contribution in [3.8, 4) is 5.75 Å². The fraction of sp³-hybridized carbons (Fsp3) is 0.250. The van der Waals surface area contributed by atoms with Crippen molar-refractivity contribution in [2.45, 2.75) is 25.4 Å². The minimum absolute atomic E-state index is 0.0336. The molecule has 0 fully saturated rings. The first-order valence-corrected chi connectivity index (χ1v) is 9.31. The van der Waals surface area contributed by atoms with Crippen LogP contribution in [0, 0.1) is 0 Å². The van der Waals surface area contributed by atoms with Crippen LogP contribution in [0.1, 0.15) is 36.6 Å². The molecule has 7 nitrogen and oxygen atoms in total. The Hall–Kier alpha value is -3.06. The normalized spacial score (nSPS) is 18.1. The molecule has 1 aromatic heterocycles. The Balaban J connectivity index is 1.73. The maximum Gasteiger partial charge on any atom is 0.250 e. The SMILES string of the molecule is COc1ccc(C2CC(c3ccc(Cl)cc3)Nc3nc(NC(C)=O)nn32)cc1. The van der Waals surface area contributed by atoms with Gasteiger partial charge in [0.1, 0.15) is 5.75 Å². The zero-order valence-corrected chi connectivity index (χ0v) is 16.3. The van der Waals surface area contributed by atoms with Crippen LogP contribution in [0.5, 0.6) is 5.75 Å². The molecule has 2 atom stereocenters. The fourth-order valence-corrected chi connectivity index (χ4v) is 3.53. The van der Waals surface area contributed by atoms with Gasteiger partial charge in [0.25, 0.3) is 5.95 Å². The molecule has 2 unspecified atom stereocenters. The average molecular weight is 398 g/mol. The number of fused-ring (bicyclic) bond motifs is 1. The Morgan fingerprint density at radius 1 is 1.18 bits per heavy atom. The molecule has 2 N–H and O–H groups in total. The maximum absolute atomic E-state index is 11.4. The molecule has 0 saturated heterocycles. The molecular formula is C20H20ClN5O2.